The number of nitrogens with zero attached hydrogens (tertiary/aromatic N) is 1. The third-order valence-electron chi connectivity index (χ3n) is 3.32. The van der Waals surface area contributed by atoms with Gasteiger partial charge in [-0.2, -0.15) is 0 Å². The highest BCUT2D eigenvalue weighted by Crippen LogP contribution is 2.29. The molecule has 2 aromatic rings. The van der Waals surface area contributed by atoms with E-state index in [4.69, 9.17) is 21.1 Å². The van der Waals surface area contributed by atoms with Gasteiger partial charge >= 0.3 is 0 Å². The van der Waals surface area contributed by atoms with Crippen molar-refractivity contribution in [3.05, 3.63) is 52.5 Å². The Labute approximate surface area is 142 Å². The fraction of sp³-hybridized carbons (Fsp3) is 0.316. The monoisotopic (exact) mass is 331 g/mol. The molecule has 2 aromatic carbocycles. The summed E-state index contributed by atoms with van der Waals surface area (Å²) in [6.45, 7) is 7.27. The maximum Gasteiger partial charge on any atom is 0.161 e. The van der Waals surface area contributed by atoms with Crippen molar-refractivity contribution in [2.75, 3.05) is 13.2 Å². The van der Waals surface area contributed by atoms with E-state index in [0.29, 0.717) is 13.2 Å². The van der Waals surface area contributed by atoms with Crippen LogP contribution in [0.5, 0.6) is 11.5 Å². The summed E-state index contributed by atoms with van der Waals surface area (Å²) in [5.74, 6) is 1.51. The summed E-state index contributed by atoms with van der Waals surface area (Å²) in [5, 5.41) is 0.720. The van der Waals surface area contributed by atoms with Crippen LogP contribution in [-0.2, 0) is 0 Å². The molecular formula is C19H22ClNO2. The minimum Gasteiger partial charge on any atom is -0.490 e. The Balaban J connectivity index is 2.24. The molecule has 0 spiro atoms. The van der Waals surface area contributed by atoms with E-state index in [0.717, 1.165) is 39.8 Å². The molecule has 0 N–H and O–H groups in total. The first-order valence-electron chi connectivity index (χ1n) is 7.84. The number of rotatable bonds is 7. The molecule has 0 bridgehead atoms. The van der Waals surface area contributed by atoms with Crippen LogP contribution in [0.1, 0.15) is 31.4 Å². The van der Waals surface area contributed by atoms with Gasteiger partial charge in [-0.1, -0.05) is 24.6 Å². The van der Waals surface area contributed by atoms with Gasteiger partial charge in [0.25, 0.3) is 0 Å². The Morgan fingerprint density at radius 1 is 1.09 bits per heavy atom. The summed E-state index contributed by atoms with van der Waals surface area (Å²) >= 11 is 6.12. The van der Waals surface area contributed by atoms with Crippen LogP contribution in [0.25, 0.3) is 0 Å². The summed E-state index contributed by atoms with van der Waals surface area (Å²) in [6, 6.07) is 11.5. The Kier molecular flexibility index (Phi) is 6.48. The third-order valence-corrected chi connectivity index (χ3v) is 3.73. The van der Waals surface area contributed by atoms with Crippen LogP contribution in [0.3, 0.4) is 0 Å². The lowest BCUT2D eigenvalue weighted by Crippen LogP contribution is -2.00. The van der Waals surface area contributed by atoms with E-state index in [1.54, 1.807) is 0 Å². The molecule has 0 aliphatic heterocycles. The van der Waals surface area contributed by atoms with Crippen LogP contribution in [0.15, 0.2) is 41.4 Å². The minimum absolute atomic E-state index is 0.594. The van der Waals surface area contributed by atoms with Crippen LogP contribution in [0.4, 0.5) is 5.69 Å². The molecule has 0 amide bonds. The SMILES string of the molecule is CCCOc1ccc(C=Nc2cccc(Cl)c2C)cc1OCC. The highest BCUT2D eigenvalue weighted by atomic mass is 35.5. The fourth-order valence-corrected chi connectivity index (χ4v) is 2.25. The first-order valence-corrected chi connectivity index (χ1v) is 8.22. The third kappa shape index (κ3) is 4.73. The van der Waals surface area contributed by atoms with E-state index in [2.05, 4.69) is 11.9 Å². The van der Waals surface area contributed by atoms with Crippen molar-refractivity contribution >= 4 is 23.5 Å². The normalized spacial score (nSPS) is 11.0. The Morgan fingerprint density at radius 3 is 2.65 bits per heavy atom. The summed E-state index contributed by atoms with van der Waals surface area (Å²) in [4.78, 5) is 4.52. The van der Waals surface area contributed by atoms with Crippen molar-refractivity contribution in [2.24, 2.45) is 4.99 Å². The zero-order chi connectivity index (χ0) is 16.7. The van der Waals surface area contributed by atoms with Crippen LogP contribution >= 0.6 is 11.6 Å². The predicted octanol–water partition coefficient (Wildman–Crippen LogP) is 5.59. The lowest BCUT2D eigenvalue weighted by Gasteiger charge is -2.11. The van der Waals surface area contributed by atoms with Crippen molar-refractivity contribution < 1.29 is 9.47 Å². The van der Waals surface area contributed by atoms with E-state index in [-0.39, 0.29) is 0 Å². The van der Waals surface area contributed by atoms with Crippen LogP contribution in [0.2, 0.25) is 5.02 Å². The number of aliphatic imine (C=N–C) groups is 1. The number of hydrogen-bond acceptors (Lipinski definition) is 3. The van der Waals surface area contributed by atoms with E-state index in [1.807, 2.05) is 56.5 Å². The van der Waals surface area contributed by atoms with Gasteiger partial charge in [0, 0.05) is 11.2 Å². The average Bonchev–Trinajstić information content (AvgIpc) is 2.55. The lowest BCUT2D eigenvalue weighted by atomic mass is 10.2. The molecular weight excluding hydrogens is 310 g/mol. The van der Waals surface area contributed by atoms with Gasteiger partial charge in [-0.25, -0.2) is 0 Å². The second-order valence-electron chi connectivity index (χ2n) is 5.13. The quantitative estimate of drug-likeness (QED) is 0.619. The van der Waals surface area contributed by atoms with E-state index in [9.17, 15) is 0 Å². The molecule has 0 unspecified atom stereocenters. The van der Waals surface area contributed by atoms with Crippen molar-refractivity contribution in [1.29, 1.82) is 0 Å². The van der Waals surface area contributed by atoms with E-state index >= 15 is 0 Å². The second-order valence-corrected chi connectivity index (χ2v) is 5.54. The van der Waals surface area contributed by atoms with E-state index in [1.165, 1.54) is 0 Å². The van der Waals surface area contributed by atoms with Crippen molar-refractivity contribution in [1.82, 2.24) is 0 Å². The van der Waals surface area contributed by atoms with Gasteiger partial charge in [0.05, 0.1) is 18.9 Å². The molecule has 2 rings (SSSR count). The first kappa shape index (κ1) is 17.4. The molecule has 3 nitrogen and oxygen atoms in total. The van der Waals surface area contributed by atoms with Crippen molar-refractivity contribution in [3.63, 3.8) is 0 Å². The van der Waals surface area contributed by atoms with E-state index < -0.39 is 0 Å². The number of hydrogen-bond donors (Lipinski definition) is 0. The minimum atomic E-state index is 0.594. The lowest BCUT2D eigenvalue weighted by molar-refractivity contribution is 0.277. The Morgan fingerprint density at radius 2 is 1.91 bits per heavy atom. The highest BCUT2D eigenvalue weighted by Gasteiger charge is 2.06. The zero-order valence-electron chi connectivity index (χ0n) is 13.8. The zero-order valence-corrected chi connectivity index (χ0v) is 14.6. The standard InChI is InChI=1S/C19H22ClNO2/c1-4-11-23-18-10-9-15(12-19(18)22-5-2)13-21-17-8-6-7-16(20)14(17)3/h6-10,12-13H,4-5,11H2,1-3H3. The highest BCUT2D eigenvalue weighted by molar-refractivity contribution is 6.31. The van der Waals surface area contributed by atoms with Crippen LogP contribution in [0, 0.1) is 6.92 Å². The summed E-state index contributed by atoms with van der Waals surface area (Å²) in [6.07, 6.45) is 2.77. The Hall–Kier alpha value is -2.00. The number of halogens is 1. The molecule has 0 aromatic heterocycles. The summed E-state index contributed by atoms with van der Waals surface area (Å²) < 4.78 is 11.4. The van der Waals surface area contributed by atoms with Gasteiger partial charge in [0.1, 0.15) is 0 Å². The molecule has 122 valence electrons. The smallest absolute Gasteiger partial charge is 0.161 e. The van der Waals surface area contributed by atoms with Gasteiger partial charge in [-0.05, 0) is 61.7 Å². The average molecular weight is 332 g/mol. The second kappa shape index (κ2) is 8.59. The summed E-state index contributed by atoms with van der Waals surface area (Å²) in [5.41, 5.74) is 2.79. The van der Waals surface area contributed by atoms with Gasteiger partial charge in [-0.15, -0.1) is 0 Å². The molecule has 0 atom stereocenters. The van der Waals surface area contributed by atoms with Crippen molar-refractivity contribution in [2.45, 2.75) is 27.2 Å². The molecule has 0 aliphatic rings. The maximum absolute atomic E-state index is 6.12. The topological polar surface area (TPSA) is 30.8 Å². The first-order chi connectivity index (χ1) is 11.2. The molecule has 4 heteroatoms. The van der Waals surface area contributed by atoms with Crippen LogP contribution < -0.4 is 9.47 Å². The van der Waals surface area contributed by atoms with Crippen molar-refractivity contribution in [3.8, 4) is 11.5 Å². The molecule has 0 fully saturated rings. The molecule has 0 saturated heterocycles. The van der Waals surface area contributed by atoms with Gasteiger partial charge in [-0.3, -0.25) is 4.99 Å². The maximum atomic E-state index is 6.12. The molecule has 0 radical (unpaired) electrons. The Bertz CT molecular complexity index is 683. The number of benzene rings is 2. The molecule has 0 saturated carbocycles. The van der Waals surface area contributed by atoms with Gasteiger partial charge in [0.2, 0.25) is 0 Å². The predicted molar refractivity (Wildman–Crippen MR) is 96.8 cm³/mol. The van der Waals surface area contributed by atoms with Gasteiger partial charge < -0.3 is 9.47 Å². The fourth-order valence-electron chi connectivity index (χ4n) is 2.08. The summed E-state index contributed by atoms with van der Waals surface area (Å²) in [7, 11) is 0. The van der Waals surface area contributed by atoms with Gasteiger partial charge in [0.15, 0.2) is 11.5 Å². The molecule has 0 aliphatic carbocycles. The molecule has 23 heavy (non-hydrogen) atoms. The largest absolute Gasteiger partial charge is 0.490 e. The van der Waals surface area contributed by atoms with Crippen LogP contribution in [-0.4, -0.2) is 19.4 Å². The molecule has 0 heterocycles. The number of ether oxygens (including phenoxy) is 2.